The highest BCUT2D eigenvalue weighted by atomic mass is 32.2. The van der Waals surface area contributed by atoms with Crippen molar-refractivity contribution < 1.29 is 17.9 Å². The van der Waals surface area contributed by atoms with Gasteiger partial charge in [-0.3, -0.25) is 0 Å². The van der Waals surface area contributed by atoms with E-state index in [-0.39, 0.29) is 11.5 Å². The number of nitrogens with one attached hydrogen (secondary N) is 1. The topological polar surface area (TPSA) is 72.5 Å². The monoisotopic (exact) mass is 431 g/mol. The largest absolute Gasteiger partial charge is 0.445 e. The summed E-state index contributed by atoms with van der Waals surface area (Å²) in [5, 5.41) is 2.91. The molecule has 0 heterocycles. The van der Waals surface area contributed by atoms with Crippen molar-refractivity contribution in [3.05, 3.63) is 114 Å². The molecule has 0 aliphatic heterocycles. The average molecular weight is 432 g/mol. The first-order valence-corrected chi connectivity index (χ1v) is 11.3. The maximum absolute atomic E-state index is 13.5. The van der Waals surface area contributed by atoms with Gasteiger partial charge in [-0.2, -0.15) is 0 Å². The molecular formula is C25H21NO4S. The van der Waals surface area contributed by atoms with Gasteiger partial charge < -0.3 is 10.1 Å². The van der Waals surface area contributed by atoms with Crippen molar-refractivity contribution >= 4 is 26.7 Å². The molecule has 4 rings (SSSR count). The Labute approximate surface area is 181 Å². The minimum absolute atomic E-state index is 0.0420. The van der Waals surface area contributed by atoms with Crippen LogP contribution in [0.2, 0.25) is 0 Å². The maximum Gasteiger partial charge on any atom is 0.408 e. The Morgan fingerprint density at radius 2 is 1.39 bits per heavy atom. The molecule has 4 aromatic rings. The van der Waals surface area contributed by atoms with Crippen LogP contribution < -0.4 is 5.32 Å². The Morgan fingerprint density at radius 1 is 0.774 bits per heavy atom. The number of fused-ring (bicyclic) bond motifs is 1. The Bertz CT molecular complexity index is 1280. The van der Waals surface area contributed by atoms with Gasteiger partial charge in [0.05, 0.1) is 4.90 Å². The lowest BCUT2D eigenvalue weighted by molar-refractivity contribution is 0.138. The van der Waals surface area contributed by atoms with Crippen LogP contribution in [0.1, 0.15) is 16.5 Å². The number of rotatable bonds is 6. The molecule has 31 heavy (non-hydrogen) atoms. The van der Waals surface area contributed by atoms with E-state index >= 15 is 0 Å². The predicted molar refractivity (Wildman–Crippen MR) is 120 cm³/mol. The Morgan fingerprint density at radius 3 is 2.13 bits per heavy atom. The first kappa shape index (κ1) is 20.6. The standard InChI is InChI=1S/C25H21NO4S/c27-25(30-18-19-10-3-1-4-11-19)26-24(31(28,29)21-14-5-2-6-15-21)23-17-9-13-20-12-7-8-16-22(20)23/h1-17,24H,18H2,(H,26,27). The normalized spacial score (nSPS) is 12.3. The zero-order valence-corrected chi connectivity index (χ0v) is 17.5. The molecule has 0 bridgehead atoms. The van der Waals surface area contributed by atoms with Gasteiger partial charge in [0.15, 0.2) is 5.37 Å². The second-order valence-corrected chi connectivity index (χ2v) is 9.05. The number of ether oxygens (including phenoxy) is 1. The predicted octanol–water partition coefficient (Wildman–Crippen LogP) is 5.24. The Hall–Kier alpha value is -3.64. The smallest absolute Gasteiger partial charge is 0.408 e. The third-order valence-corrected chi connectivity index (χ3v) is 6.87. The lowest BCUT2D eigenvalue weighted by atomic mass is 10.0. The number of alkyl carbamates (subject to hydrolysis) is 1. The van der Waals surface area contributed by atoms with E-state index in [1.54, 1.807) is 30.3 Å². The van der Waals surface area contributed by atoms with Crippen LogP contribution in [0.25, 0.3) is 10.8 Å². The molecular weight excluding hydrogens is 410 g/mol. The fourth-order valence-corrected chi connectivity index (χ4v) is 5.02. The molecule has 0 fully saturated rings. The van der Waals surface area contributed by atoms with E-state index in [4.69, 9.17) is 4.74 Å². The summed E-state index contributed by atoms with van der Waals surface area (Å²) in [5.41, 5.74) is 1.30. The summed E-state index contributed by atoms with van der Waals surface area (Å²) in [5.74, 6) is 0. The number of hydrogen-bond donors (Lipinski definition) is 1. The first-order chi connectivity index (χ1) is 15.1. The van der Waals surface area contributed by atoms with E-state index in [9.17, 15) is 13.2 Å². The highest BCUT2D eigenvalue weighted by Gasteiger charge is 2.32. The molecule has 4 aromatic carbocycles. The first-order valence-electron chi connectivity index (χ1n) is 9.79. The van der Waals surface area contributed by atoms with Crippen molar-refractivity contribution in [2.45, 2.75) is 16.9 Å². The molecule has 156 valence electrons. The summed E-state index contributed by atoms with van der Waals surface area (Å²) in [4.78, 5) is 12.7. The van der Waals surface area contributed by atoms with Crippen LogP contribution in [0.5, 0.6) is 0 Å². The molecule has 0 radical (unpaired) electrons. The minimum atomic E-state index is -3.94. The van der Waals surface area contributed by atoms with Gasteiger partial charge in [-0.1, -0.05) is 91.0 Å². The second-order valence-electron chi connectivity index (χ2n) is 7.01. The van der Waals surface area contributed by atoms with Gasteiger partial charge >= 0.3 is 6.09 Å². The van der Waals surface area contributed by atoms with E-state index < -0.39 is 21.3 Å². The number of amides is 1. The lowest BCUT2D eigenvalue weighted by Crippen LogP contribution is -2.34. The van der Waals surface area contributed by atoms with Crippen molar-refractivity contribution in [2.24, 2.45) is 0 Å². The lowest BCUT2D eigenvalue weighted by Gasteiger charge is -2.21. The van der Waals surface area contributed by atoms with Gasteiger partial charge in [0.2, 0.25) is 9.84 Å². The number of sulfone groups is 1. The molecule has 0 saturated heterocycles. The van der Waals surface area contributed by atoms with Crippen LogP contribution in [0.15, 0.2) is 108 Å². The van der Waals surface area contributed by atoms with Crippen LogP contribution in [0.4, 0.5) is 4.79 Å². The fourth-order valence-electron chi connectivity index (χ4n) is 3.42. The molecule has 0 spiro atoms. The summed E-state index contributed by atoms with van der Waals surface area (Å²) in [7, 11) is -3.94. The minimum Gasteiger partial charge on any atom is -0.445 e. The molecule has 6 heteroatoms. The molecule has 1 unspecified atom stereocenters. The van der Waals surface area contributed by atoms with E-state index in [2.05, 4.69) is 5.32 Å². The van der Waals surface area contributed by atoms with Crippen LogP contribution in [-0.4, -0.2) is 14.5 Å². The molecule has 0 aliphatic carbocycles. The van der Waals surface area contributed by atoms with E-state index in [0.29, 0.717) is 5.56 Å². The van der Waals surface area contributed by atoms with Crippen molar-refractivity contribution in [3.63, 3.8) is 0 Å². The number of carbonyl (C=O) groups excluding carboxylic acids is 1. The Balaban J connectivity index is 1.70. The molecule has 1 N–H and O–H groups in total. The van der Waals surface area contributed by atoms with E-state index in [0.717, 1.165) is 16.3 Å². The fraction of sp³-hybridized carbons (Fsp3) is 0.0800. The van der Waals surface area contributed by atoms with Crippen LogP contribution >= 0.6 is 0 Å². The summed E-state index contributed by atoms with van der Waals surface area (Å²) in [6.45, 7) is 0.0420. The summed E-state index contributed by atoms with van der Waals surface area (Å²) in [6, 6.07) is 30.2. The van der Waals surface area contributed by atoms with Crippen LogP contribution in [-0.2, 0) is 21.2 Å². The zero-order valence-electron chi connectivity index (χ0n) is 16.6. The number of benzene rings is 4. The quantitative estimate of drug-likeness (QED) is 0.453. The zero-order chi connectivity index (χ0) is 21.7. The molecule has 5 nitrogen and oxygen atoms in total. The van der Waals surface area contributed by atoms with Gasteiger partial charge in [-0.15, -0.1) is 0 Å². The van der Waals surface area contributed by atoms with Crippen molar-refractivity contribution in [1.82, 2.24) is 5.32 Å². The van der Waals surface area contributed by atoms with Crippen molar-refractivity contribution in [1.29, 1.82) is 0 Å². The third kappa shape index (κ3) is 4.59. The molecule has 1 atom stereocenters. The highest BCUT2D eigenvalue weighted by Crippen LogP contribution is 2.32. The van der Waals surface area contributed by atoms with Gasteiger partial charge in [0, 0.05) is 0 Å². The third-order valence-electron chi connectivity index (χ3n) is 4.95. The average Bonchev–Trinajstić information content (AvgIpc) is 2.82. The molecule has 0 aliphatic rings. The second kappa shape index (κ2) is 9.02. The molecule has 0 aromatic heterocycles. The van der Waals surface area contributed by atoms with E-state index in [1.165, 1.54) is 12.1 Å². The van der Waals surface area contributed by atoms with E-state index in [1.807, 2.05) is 60.7 Å². The highest BCUT2D eigenvalue weighted by molar-refractivity contribution is 7.91. The van der Waals surface area contributed by atoms with Crippen molar-refractivity contribution in [2.75, 3.05) is 0 Å². The Kier molecular flexibility index (Phi) is 6.00. The SMILES string of the molecule is O=C(NC(c1cccc2ccccc12)S(=O)(=O)c1ccccc1)OCc1ccccc1. The molecule has 1 amide bonds. The summed E-state index contributed by atoms with van der Waals surface area (Å²) >= 11 is 0. The van der Waals surface area contributed by atoms with Gasteiger partial charge in [-0.05, 0) is 34.0 Å². The van der Waals surface area contributed by atoms with Crippen LogP contribution in [0, 0.1) is 0 Å². The number of carbonyl (C=O) groups is 1. The summed E-state index contributed by atoms with van der Waals surface area (Å²) < 4.78 is 32.3. The van der Waals surface area contributed by atoms with Crippen molar-refractivity contribution in [3.8, 4) is 0 Å². The van der Waals surface area contributed by atoms with Gasteiger partial charge in [0.1, 0.15) is 6.61 Å². The van der Waals surface area contributed by atoms with Crippen LogP contribution in [0.3, 0.4) is 0 Å². The number of hydrogen-bond acceptors (Lipinski definition) is 4. The van der Waals surface area contributed by atoms with Gasteiger partial charge in [-0.25, -0.2) is 13.2 Å². The van der Waals surface area contributed by atoms with Gasteiger partial charge in [0.25, 0.3) is 0 Å². The molecule has 0 saturated carbocycles. The summed E-state index contributed by atoms with van der Waals surface area (Å²) in [6.07, 6.45) is -0.804. The maximum atomic E-state index is 13.5.